The van der Waals surface area contributed by atoms with E-state index in [1.807, 2.05) is 18.2 Å². The average molecular weight is 288 g/mol. The summed E-state index contributed by atoms with van der Waals surface area (Å²) in [5.74, 6) is 0.787. The van der Waals surface area contributed by atoms with E-state index in [4.69, 9.17) is 0 Å². The fourth-order valence-corrected chi connectivity index (χ4v) is 2.95. The van der Waals surface area contributed by atoms with Gasteiger partial charge in [-0.15, -0.1) is 0 Å². The lowest BCUT2D eigenvalue weighted by molar-refractivity contribution is -0.132. The molecule has 0 spiro atoms. The highest BCUT2D eigenvalue weighted by Crippen LogP contribution is 2.31. The fraction of sp³-hybridized carbons (Fsp3) is 0.533. The molecule has 2 saturated heterocycles. The SMILES string of the molecule is CN1C(=O)N(C2CCN(c3ccccn3)C2)C(=O)C1(C)C. The number of anilines is 1. The van der Waals surface area contributed by atoms with E-state index in [1.165, 1.54) is 9.80 Å². The van der Waals surface area contributed by atoms with Crippen LogP contribution >= 0.6 is 0 Å². The van der Waals surface area contributed by atoms with Crippen molar-refractivity contribution in [3.63, 3.8) is 0 Å². The Hall–Kier alpha value is -2.11. The largest absolute Gasteiger partial charge is 0.354 e. The summed E-state index contributed by atoms with van der Waals surface area (Å²) in [5.41, 5.74) is -0.754. The van der Waals surface area contributed by atoms with Crippen LogP contribution in [0.2, 0.25) is 0 Å². The van der Waals surface area contributed by atoms with E-state index in [9.17, 15) is 9.59 Å². The van der Waals surface area contributed by atoms with Crippen LogP contribution in [0.4, 0.5) is 10.6 Å². The first-order chi connectivity index (χ1) is 9.93. The Kier molecular flexibility index (Phi) is 3.11. The van der Waals surface area contributed by atoms with Crippen molar-refractivity contribution in [3.8, 4) is 0 Å². The molecule has 1 aromatic rings. The number of aromatic nitrogens is 1. The molecule has 112 valence electrons. The van der Waals surface area contributed by atoms with Crippen LogP contribution in [0.5, 0.6) is 0 Å². The second-order valence-corrected chi connectivity index (χ2v) is 6.15. The molecule has 2 fully saturated rings. The second-order valence-electron chi connectivity index (χ2n) is 6.15. The Bertz CT molecular complexity index is 572. The number of urea groups is 1. The summed E-state index contributed by atoms with van der Waals surface area (Å²) in [6.07, 6.45) is 2.55. The molecule has 0 saturated carbocycles. The van der Waals surface area contributed by atoms with Crippen molar-refractivity contribution < 1.29 is 9.59 Å². The molecule has 3 heterocycles. The predicted molar refractivity (Wildman–Crippen MR) is 78.9 cm³/mol. The Balaban J connectivity index is 1.78. The van der Waals surface area contributed by atoms with Gasteiger partial charge in [0, 0.05) is 26.3 Å². The van der Waals surface area contributed by atoms with Gasteiger partial charge in [0.15, 0.2) is 0 Å². The molecule has 6 heteroatoms. The van der Waals surface area contributed by atoms with Gasteiger partial charge in [-0.3, -0.25) is 9.69 Å². The maximum absolute atomic E-state index is 12.5. The molecule has 0 bridgehead atoms. The molecule has 6 nitrogen and oxygen atoms in total. The molecule has 0 aromatic carbocycles. The Morgan fingerprint density at radius 3 is 2.62 bits per heavy atom. The Labute approximate surface area is 124 Å². The molecule has 2 aliphatic rings. The van der Waals surface area contributed by atoms with Crippen molar-refractivity contribution >= 4 is 17.8 Å². The maximum Gasteiger partial charge on any atom is 0.327 e. The summed E-state index contributed by atoms with van der Waals surface area (Å²) in [5, 5.41) is 0. The normalized spacial score (nSPS) is 25.1. The van der Waals surface area contributed by atoms with Gasteiger partial charge < -0.3 is 9.80 Å². The summed E-state index contributed by atoms with van der Waals surface area (Å²) in [4.78, 5) is 34.3. The molecule has 3 amide bonds. The van der Waals surface area contributed by atoms with Crippen LogP contribution < -0.4 is 4.90 Å². The summed E-state index contributed by atoms with van der Waals surface area (Å²) in [7, 11) is 1.69. The van der Waals surface area contributed by atoms with Crippen molar-refractivity contribution in [1.82, 2.24) is 14.8 Å². The standard InChI is InChI=1S/C15H20N4O2/c1-15(2)13(20)19(14(21)17(15)3)11-7-9-18(10-11)12-6-4-5-8-16-12/h4-6,8,11H,7,9-10H2,1-3H3. The van der Waals surface area contributed by atoms with Crippen molar-refractivity contribution in [2.75, 3.05) is 25.0 Å². The number of hydrogen-bond acceptors (Lipinski definition) is 4. The smallest absolute Gasteiger partial charge is 0.327 e. The van der Waals surface area contributed by atoms with Gasteiger partial charge in [0.1, 0.15) is 11.4 Å². The summed E-state index contributed by atoms with van der Waals surface area (Å²) in [6.45, 7) is 5.04. The molecule has 0 radical (unpaired) electrons. The lowest BCUT2D eigenvalue weighted by Crippen LogP contribution is -2.44. The minimum Gasteiger partial charge on any atom is -0.354 e. The zero-order valence-corrected chi connectivity index (χ0v) is 12.6. The predicted octanol–water partition coefficient (Wildman–Crippen LogP) is 1.33. The van der Waals surface area contributed by atoms with Crippen LogP contribution in [0.25, 0.3) is 0 Å². The fourth-order valence-electron chi connectivity index (χ4n) is 2.95. The highest BCUT2D eigenvalue weighted by Gasteiger charge is 2.52. The van der Waals surface area contributed by atoms with Gasteiger partial charge in [-0.2, -0.15) is 0 Å². The first kappa shape index (κ1) is 13.9. The molecular formula is C15H20N4O2. The maximum atomic E-state index is 12.5. The number of carbonyl (C=O) groups is 2. The number of amides is 3. The van der Waals surface area contributed by atoms with E-state index in [2.05, 4.69) is 9.88 Å². The lowest BCUT2D eigenvalue weighted by Gasteiger charge is -2.23. The van der Waals surface area contributed by atoms with Gasteiger partial charge in [-0.1, -0.05) is 6.07 Å². The monoisotopic (exact) mass is 288 g/mol. The zero-order chi connectivity index (χ0) is 15.2. The van der Waals surface area contributed by atoms with Crippen LogP contribution in [0.3, 0.4) is 0 Å². The lowest BCUT2D eigenvalue weighted by atomic mass is 10.0. The van der Waals surface area contributed by atoms with Gasteiger partial charge in [0.25, 0.3) is 5.91 Å². The third-order valence-corrected chi connectivity index (χ3v) is 4.58. The number of rotatable bonds is 2. The van der Waals surface area contributed by atoms with Crippen molar-refractivity contribution in [2.45, 2.75) is 31.8 Å². The number of pyridine rings is 1. The van der Waals surface area contributed by atoms with Crippen LogP contribution in [0.1, 0.15) is 20.3 Å². The molecule has 0 aliphatic carbocycles. The average Bonchev–Trinajstić information content (AvgIpc) is 3.01. The van der Waals surface area contributed by atoms with Crippen LogP contribution in [-0.4, -0.2) is 58.4 Å². The van der Waals surface area contributed by atoms with E-state index in [-0.39, 0.29) is 18.0 Å². The quantitative estimate of drug-likeness (QED) is 0.771. The molecule has 1 aromatic heterocycles. The summed E-state index contributed by atoms with van der Waals surface area (Å²) in [6, 6.07) is 5.50. The Morgan fingerprint density at radius 1 is 1.29 bits per heavy atom. The first-order valence-corrected chi connectivity index (χ1v) is 7.20. The Morgan fingerprint density at radius 2 is 2.05 bits per heavy atom. The van der Waals surface area contributed by atoms with E-state index in [1.54, 1.807) is 27.1 Å². The van der Waals surface area contributed by atoms with Gasteiger partial charge in [0.05, 0.1) is 6.04 Å². The molecule has 1 atom stereocenters. The minimum absolute atomic E-state index is 0.0729. The van der Waals surface area contributed by atoms with Gasteiger partial charge >= 0.3 is 6.03 Å². The van der Waals surface area contributed by atoms with Crippen LogP contribution in [0, 0.1) is 0 Å². The number of hydrogen-bond donors (Lipinski definition) is 0. The van der Waals surface area contributed by atoms with E-state index in [0.29, 0.717) is 6.54 Å². The van der Waals surface area contributed by atoms with Gasteiger partial charge in [-0.05, 0) is 32.4 Å². The third-order valence-electron chi connectivity index (χ3n) is 4.58. The molecule has 21 heavy (non-hydrogen) atoms. The molecule has 2 aliphatic heterocycles. The summed E-state index contributed by atoms with van der Waals surface area (Å²) >= 11 is 0. The molecule has 1 unspecified atom stereocenters. The highest BCUT2D eigenvalue weighted by atomic mass is 16.2. The van der Waals surface area contributed by atoms with E-state index in [0.717, 1.165) is 18.8 Å². The topological polar surface area (TPSA) is 56.8 Å². The molecule has 3 rings (SSSR count). The van der Waals surface area contributed by atoms with Gasteiger partial charge in [0.2, 0.25) is 0 Å². The number of likely N-dealkylation sites (N-methyl/N-ethyl adjacent to an activating group) is 1. The van der Waals surface area contributed by atoms with E-state index < -0.39 is 5.54 Å². The second kappa shape index (κ2) is 4.72. The van der Waals surface area contributed by atoms with E-state index >= 15 is 0 Å². The van der Waals surface area contributed by atoms with Crippen molar-refractivity contribution in [3.05, 3.63) is 24.4 Å². The highest BCUT2D eigenvalue weighted by molar-refractivity contribution is 6.06. The molecular weight excluding hydrogens is 268 g/mol. The van der Waals surface area contributed by atoms with Crippen molar-refractivity contribution in [2.24, 2.45) is 0 Å². The summed E-state index contributed by atoms with van der Waals surface area (Å²) < 4.78 is 0. The van der Waals surface area contributed by atoms with Crippen LogP contribution in [-0.2, 0) is 4.79 Å². The molecule has 0 N–H and O–H groups in total. The van der Waals surface area contributed by atoms with Crippen molar-refractivity contribution in [1.29, 1.82) is 0 Å². The first-order valence-electron chi connectivity index (χ1n) is 7.20. The minimum atomic E-state index is -0.754. The third kappa shape index (κ3) is 2.05. The van der Waals surface area contributed by atoms with Gasteiger partial charge in [-0.25, -0.2) is 9.78 Å². The zero-order valence-electron chi connectivity index (χ0n) is 12.6. The number of nitrogens with zero attached hydrogens (tertiary/aromatic N) is 4. The number of imide groups is 1. The van der Waals surface area contributed by atoms with Crippen LogP contribution in [0.15, 0.2) is 24.4 Å². The number of carbonyl (C=O) groups excluding carboxylic acids is 2.